The van der Waals surface area contributed by atoms with E-state index >= 15 is 0 Å². The van der Waals surface area contributed by atoms with Crippen molar-refractivity contribution in [3.05, 3.63) is 28.2 Å². The van der Waals surface area contributed by atoms with Crippen molar-refractivity contribution < 1.29 is 4.39 Å². The van der Waals surface area contributed by atoms with Gasteiger partial charge in [-0.2, -0.15) is 4.39 Å². The highest BCUT2D eigenvalue weighted by Gasteiger charge is 2.08. The van der Waals surface area contributed by atoms with Crippen molar-refractivity contribution in [2.75, 3.05) is 0 Å². The summed E-state index contributed by atoms with van der Waals surface area (Å²) in [6, 6.07) is 1.36. The zero-order chi connectivity index (χ0) is 8.43. The fourth-order valence-electron chi connectivity index (χ4n) is 0.595. The van der Waals surface area contributed by atoms with Gasteiger partial charge in [0, 0.05) is 10.7 Å². The minimum Gasteiger partial charge on any atom is -0.227 e. The van der Waals surface area contributed by atoms with Gasteiger partial charge in [-0.25, -0.2) is 4.98 Å². The molecule has 0 N–H and O–H groups in total. The molecule has 0 spiro atoms. The zero-order valence-electron chi connectivity index (χ0n) is 5.19. The van der Waals surface area contributed by atoms with Crippen LogP contribution in [0.5, 0.6) is 0 Å². The van der Waals surface area contributed by atoms with Crippen LogP contribution in [0.3, 0.4) is 0 Å². The Balaban J connectivity index is 3.13. The molecular formula is C6H3Br3FN. The van der Waals surface area contributed by atoms with Crippen LogP contribution in [0.4, 0.5) is 4.39 Å². The molecule has 0 atom stereocenters. The van der Waals surface area contributed by atoms with Crippen molar-refractivity contribution in [3.63, 3.8) is 0 Å². The average molecular weight is 348 g/mol. The molecule has 0 fully saturated rings. The van der Waals surface area contributed by atoms with Crippen LogP contribution in [0.25, 0.3) is 0 Å². The van der Waals surface area contributed by atoms with Crippen molar-refractivity contribution in [2.24, 2.45) is 0 Å². The summed E-state index contributed by atoms with van der Waals surface area (Å²) in [4.78, 5) is 3.47. The molecule has 1 aromatic rings. The van der Waals surface area contributed by atoms with Gasteiger partial charge in [-0.1, -0.05) is 31.9 Å². The number of aromatic nitrogens is 1. The van der Waals surface area contributed by atoms with Gasteiger partial charge in [0.05, 0.1) is 3.74 Å². The first-order valence-electron chi connectivity index (χ1n) is 2.70. The van der Waals surface area contributed by atoms with Crippen LogP contribution in [0, 0.1) is 5.95 Å². The number of halogens is 4. The maximum absolute atomic E-state index is 12.5. The van der Waals surface area contributed by atoms with E-state index in [9.17, 15) is 4.39 Å². The van der Waals surface area contributed by atoms with Gasteiger partial charge in [0.25, 0.3) is 0 Å². The molecule has 0 saturated heterocycles. The summed E-state index contributed by atoms with van der Waals surface area (Å²) >= 11 is 9.76. The van der Waals surface area contributed by atoms with E-state index in [1.807, 2.05) is 0 Å². The fourth-order valence-corrected chi connectivity index (χ4v) is 2.41. The van der Waals surface area contributed by atoms with Crippen molar-refractivity contribution in [2.45, 2.75) is 3.74 Å². The Hall–Kier alpha value is 0.520. The second kappa shape index (κ2) is 3.96. The third-order valence-corrected chi connectivity index (χ3v) is 2.74. The number of nitrogens with zero attached hydrogens (tertiary/aromatic N) is 1. The Morgan fingerprint density at radius 3 is 2.55 bits per heavy atom. The predicted octanol–water partition coefficient (Wildman–Crippen LogP) is 3.77. The fraction of sp³-hybridized carbons (Fsp3) is 0.167. The highest BCUT2D eigenvalue weighted by Crippen LogP contribution is 2.33. The summed E-state index contributed by atoms with van der Waals surface area (Å²) in [7, 11) is 0. The lowest BCUT2D eigenvalue weighted by atomic mass is 10.3. The van der Waals surface area contributed by atoms with E-state index in [-0.39, 0.29) is 3.74 Å². The molecule has 11 heavy (non-hydrogen) atoms. The minimum atomic E-state index is -0.480. The molecule has 1 nitrogen and oxygen atoms in total. The molecule has 1 heterocycles. The SMILES string of the molecule is Fc1cc(C(Br)Br)c(Br)cn1. The standard InChI is InChI=1S/C6H3Br3FN/c7-4-2-11-5(10)1-3(4)6(8)9/h1-2,6H. The Morgan fingerprint density at radius 1 is 1.45 bits per heavy atom. The molecule has 0 aliphatic rings. The molecule has 0 aliphatic carbocycles. The van der Waals surface area contributed by atoms with Crippen LogP contribution in [0.15, 0.2) is 16.7 Å². The lowest BCUT2D eigenvalue weighted by Crippen LogP contribution is -1.88. The maximum atomic E-state index is 12.5. The van der Waals surface area contributed by atoms with Gasteiger partial charge in [0.2, 0.25) is 5.95 Å². The summed E-state index contributed by atoms with van der Waals surface area (Å²) in [5.41, 5.74) is 0.789. The molecule has 5 heteroatoms. The second-order valence-corrected chi connectivity index (χ2v) is 5.74. The van der Waals surface area contributed by atoms with E-state index in [0.717, 1.165) is 10.0 Å². The smallest absolute Gasteiger partial charge is 0.213 e. The van der Waals surface area contributed by atoms with Crippen LogP contribution in [-0.4, -0.2) is 4.98 Å². The maximum Gasteiger partial charge on any atom is 0.213 e. The van der Waals surface area contributed by atoms with Crippen LogP contribution in [-0.2, 0) is 0 Å². The molecule has 0 saturated carbocycles. The normalized spacial score (nSPS) is 10.6. The first kappa shape index (κ1) is 9.61. The molecular weight excluding hydrogens is 345 g/mol. The van der Waals surface area contributed by atoms with E-state index in [1.165, 1.54) is 12.3 Å². The highest BCUT2D eigenvalue weighted by atomic mass is 79.9. The molecule has 0 amide bonds. The summed E-state index contributed by atoms with van der Waals surface area (Å²) in [6.07, 6.45) is 1.43. The molecule has 1 rings (SSSR count). The molecule has 1 aromatic heterocycles. The molecule has 0 radical (unpaired) electrons. The number of pyridine rings is 1. The van der Waals surface area contributed by atoms with Gasteiger partial charge >= 0.3 is 0 Å². The van der Waals surface area contributed by atoms with Gasteiger partial charge < -0.3 is 0 Å². The summed E-state index contributed by atoms with van der Waals surface area (Å²) < 4.78 is 13.3. The van der Waals surface area contributed by atoms with Crippen LogP contribution >= 0.6 is 47.8 Å². The third-order valence-electron chi connectivity index (χ3n) is 1.09. The zero-order valence-corrected chi connectivity index (χ0v) is 9.95. The number of alkyl halides is 2. The molecule has 0 bridgehead atoms. The number of hydrogen-bond acceptors (Lipinski definition) is 1. The number of rotatable bonds is 1. The Labute approximate surface area is 88.8 Å². The lowest BCUT2D eigenvalue weighted by Gasteiger charge is -2.03. The topological polar surface area (TPSA) is 12.9 Å². The van der Waals surface area contributed by atoms with Gasteiger partial charge in [-0.15, -0.1) is 0 Å². The van der Waals surface area contributed by atoms with Crippen LogP contribution < -0.4 is 0 Å². The summed E-state index contributed by atoms with van der Waals surface area (Å²) in [5, 5.41) is 0. The Morgan fingerprint density at radius 2 is 2.09 bits per heavy atom. The van der Waals surface area contributed by atoms with Crippen molar-refractivity contribution >= 4 is 47.8 Å². The predicted molar refractivity (Wildman–Crippen MR) is 52.5 cm³/mol. The lowest BCUT2D eigenvalue weighted by molar-refractivity contribution is 0.581. The van der Waals surface area contributed by atoms with Crippen molar-refractivity contribution in [1.82, 2.24) is 4.98 Å². The Bertz CT molecular complexity index is 264. The monoisotopic (exact) mass is 345 g/mol. The first-order valence-corrected chi connectivity index (χ1v) is 5.33. The van der Waals surface area contributed by atoms with Crippen molar-refractivity contribution in [1.29, 1.82) is 0 Å². The van der Waals surface area contributed by atoms with Crippen molar-refractivity contribution in [3.8, 4) is 0 Å². The highest BCUT2D eigenvalue weighted by molar-refractivity contribution is 9.24. The van der Waals surface area contributed by atoms with E-state index in [1.54, 1.807) is 0 Å². The first-order chi connectivity index (χ1) is 5.11. The van der Waals surface area contributed by atoms with E-state index < -0.39 is 5.95 Å². The molecule has 0 aromatic carbocycles. The van der Waals surface area contributed by atoms with Gasteiger partial charge in [0.1, 0.15) is 0 Å². The minimum absolute atomic E-state index is 0.0538. The van der Waals surface area contributed by atoms with E-state index in [0.29, 0.717) is 0 Å². The van der Waals surface area contributed by atoms with E-state index in [4.69, 9.17) is 0 Å². The van der Waals surface area contributed by atoms with Gasteiger partial charge in [0.15, 0.2) is 0 Å². The summed E-state index contributed by atoms with van der Waals surface area (Å²) in [5.74, 6) is -0.480. The largest absolute Gasteiger partial charge is 0.227 e. The van der Waals surface area contributed by atoms with Gasteiger partial charge in [-0.3, -0.25) is 0 Å². The second-order valence-electron chi connectivity index (χ2n) is 1.83. The third kappa shape index (κ3) is 2.49. The Kier molecular flexibility index (Phi) is 3.46. The van der Waals surface area contributed by atoms with Crippen LogP contribution in [0.1, 0.15) is 9.30 Å². The molecule has 0 aliphatic heterocycles. The quantitative estimate of drug-likeness (QED) is 0.556. The van der Waals surface area contributed by atoms with E-state index in [2.05, 4.69) is 52.8 Å². The van der Waals surface area contributed by atoms with Crippen LogP contribution in [0.2, 0.25) is 0 Å². The molecule has 60 valence electrons. The number of hydrogen-bond donors (Lipinski definition) is 0. The molecule has 0 unspecified atom stereocenters. The summed E-state index contributed by atoms with van der Waals surface area (Å²) in [6.45, 7) is 0. The van der Waals surface area contributed by atoms with Gasteiger partial charge in [-0.05, 0) is 27.6 Å². The average Bonchev–Trinajstić information content (AvgIpc) is 1.94.